The first-order valence-electron chi connectivity index (χ1n) is 3.71. The lowest BCUT2D eigenvalue weighted by molar-refractivity contribution is 0.183. The van der Waals surface area contributed by atoms with Crippen molar-refractivity contribution in [1.29, 1.82) is 0 Å². The predicted molar refractivity (Wildman–Crippen MR) is 65.3 cm³/mol. The Morgan fingerprint density at radius 3 is 2.92 bits per heavy atom. The maximum Gasteiger partial charge on any atom is 0.0909 e. The molecule has 0 amide bonds. The van der Waals surface area contributed by atoms with Crippen molar-refractivity contribution >= 4 is 38.5 Å². The maximum absolute atomic E-state index is 9.66. The van der Waals surface area contributed by atoms with Crippen LogP contribution >= 0.6 is 38.5 Å². The molecule has 1 nitrogen and oxygen atoms in total. The van der Waals surface area contributed by atoms with Crippen molar-refractivity contribution in [2.45, 2.75) is 12.5 Å². The molecule has 68 valence electrons. The number of halogens is 2. The molecular formula is C10H8BrIO. The molecule has 1 atom stereocenters. The van der Waals surface area contributed by atoms with E-state index in [1.165, 1.54) is 0 Å². The fraction of sp³-hybridized carbons (Fsp3) is 0.200. The van der Waals surface area contributed by atoms with E-state index in [0.29, 0.717) is 6.42 Å². The topological polar surface area (TPSA) is 20.2 Å². The summed E-state index contributed by atoms with van der Waals surface area (Å²) in [6.45, 7) is 0. The summed E-state index contributed by atoms with van der Waals surface area (Å²) in [7, 11) is 0. The van der Waals surface area contributed by atoms with E-state index in [1.54, 1.807) is 0 Å². The van der Waals surface area contributed by atoms with E-state index in [9.17, 15) is 5.11 Å². The monoisotopic (exact) mass is 350 g/mol. The normalized spacial score (nSPS) is 12.2. The van der Waals surface area contributed by atoms with Gasteiger partial charge in [0.25, 0.3) is 0 Å². The highest BCUT2D eigenvalue weighted by Crippen LogP contribution is 2.25. The van der Waals surface area contributed by atoms with E-state index >= 15 is 0 Å². The minimum Gasteiger partial charge on any atom is -0.387 e. The molecule has 0 aliphatic carbocycles. The van der Waals surface area contributed by atoms with E-state index in [4.69, 9.17) is 6.42 Å². The highest BCUT2D eigenvalue weighted by atomic mass is 127. The molecule has 0 bridgehead atoms. The van der Waals surface area contributed by atoms with Crippen LogP contribution in [0.2, 0.25) is 0 Å². The van der Waals surface area contributed by atoms with E-state index in [2.05, 4.69) is 44.4 Å². The quantitative estimate of drug-likeness (QED) is 0.642. The summed E-state index contributed by atoms with van der Waals surface area (Å²) in [4.78, 5) is 0. The number of aliphatic hydroxyl groups excluding tert-OH is 1. The molecule has 13 heavy (non-hydrogen) atoms. The molecule has 1 unspecified atom stereocenters. The Morgan fingerprint density at radius 1 is 1.62 bits per heavy atom. The molecule has 1 rings (SSSR count). The van der Waals surface area contributed by atoms with Crippen LogP contribution in [0, 0.1) is 15.9 Å². The lowest BCUT2D eigenvalue weighted by atomic mass is 10.1. The first-order valence-corrected chi connectivity index (χ1v) is 5.59. The zero-order valence-corrected chi connectivity index (χ0v) is 10.5. The molecule has 0 spiro atoms. The molecule has 1 aromatic carbocycles. The molecule has 0 saturated heterocycles. The van der Waals surface area contributed by atoms with Crippen LogP contribution in [0.3, 0.4) is 0 Å². The molecule has 0 radical (unpaired) electrons. The van der Waals surface area contributed by atoms with Gasteiger partial charge in [-0.15, -0.1) is 12.3 Å². The Labute approximate surface area is 99.8 Å². The summed E-state index contributed by atoms with van der Waals surface area (Å²) in [6.07, 6.45) is 4.92. The summed E-state index contributed by atoms with van der Waals surface area (Å²) in [5.41, 5.74) is 0.882. The van der Waals surface area contributed by atoms with Crippen LogP contribution in [0.4, 0.5) is 0 Å². The van der Waals surface area contributed by atoms with Crippen molar-refractivity contribution in [3.05, 3.63) is 31.8 Å². The minimum absolute atomic E-state index is 0.354. The molecular weight excluding hydrogens is 343 g/mol. The van der Waals surface area contributed by atoms with Crippen LogP contribution < -0.4 is 0 Å². The Kier molecular flexibility index (Phi) is 4.23. The molecule has 1 aromatic rings. The fourth-order valence-electron chi connectivity index (χ4n) is 0.992. The number of terminal acetylenes is 1. The van der Waals surface area contributed by atoms with Crippen molar-refractivity contribution < 1.29 is 5.11 Å². The fourth-order valence-corrected chi connectivity index (χ4v) is 2.07. The average molecular weight is 351 g/mol. The summed E-state index contributed by atoms with van der Waals surface area (Å²) in [6, 6.07) is 5.78. The third-order valence-corrected chi connectivity index (χ3v) is 3.10. The number of aliphatic hydroxyl groups is 1. The minimum atomic E-state index is -0.561. The average Bonchev–Trinajstić information content (AvgIpc) is 2.09. The zero-order chi connectivity index (χ0) is 9.84. The van der Waals surface area contributed by atoms with E-state index in [0.717, 1.165) is 13.6 Å². The third-order valence-electron chi connectivity index (χ3n) is 1.63. The van der Waals surface area contributed by atoms with Crippen LogP contribution in [-0.4, -0.2) is 5.11 Å². The van der Waals surface area contributed by atoms with Gasteiger partial charge < -0.3 is 5.11 Å². The molecule has 0 aliphatic heterocycles. The van der Waals surface area contributed by atoms with Gasteiger partial charge in [0.05, 0.1) is 6.10 Å². The Bertz CT molecular complexity index is 343. The SMILES string of the molecule is C#CCC(O)c1cc(Br)ccc1I. The molecule has 3 heteroatoms. The number of hydrogen-bond donors (Lipinski definition) is 1. The van der Waals surface area contributed by atoms with Gasteiger partial charge in [0, 0.05) is 14.5 Å². The van der Waals surface area contributed by atoms with Crippen LogP contribution in [0.5, 0.6) is 0 Å². The van der Waals surface area contributed by atoms with E-state index in [1.807, 2.05) is 18.2 Å². The first-order chi connectivity index (χ1) is 6.15. The van der Waals surface area contributed by atoms with Gasteiger partial charge in [-0.05, 0) is 46.4 Å². The second-order valence-corrected chi connectivity index (χ2v) is 4.67. The lowest BCUT2D eigenvalue weighted by Crippen LogP contribution is -1.98. The van der Waals surface area contributed by atoms with Gasteiger partial charge in [0.2, 0.25) is 0 Å². The lowest BCUT2D eigenvalue weighted by Gasteiger charge is -2.10. The predicted octanol–water partition coefficient (Wildman–Crippen LogP) is 3.11. The third kappa shape index (κ3) is 2.97. The van der Waals surface area contributed by atoms with Crippen molar-refractivity contribution in [2.24, 2.45) is 0 Å². The summed E-state index contributed by atoms with van der Waals surface area (Å²) >= 11 is 5.53. The van der Waals surface area contributed by atoms with Crippen LogP contribution in [0.25, 0.3) is 0 Å². The van der Waals surface area contributed by atoms with Gasteiger partial charge in [-0.25, -0.2) is 0 Å². The molecule has 0 aliphatic rings. The maximum atomic E-state index is 9.66. The van der Waals surface area contributed by atoms with Gasteiger partial charge >= 0.3 is 0 Å². The molecule has 1 N–H and O–H groups in total. The largest absolute Gasteiger partial charge is 0.387 e. The highest BCUT2D eigenvalue weighted by molar-refractivity contribution is 14.1. The number of rotatable bonds is 2. The molecule has 0 aromatic heterocycles. The van der Waals surface area contributed by atoms with Gasteiger partial charge in [-0.1, -0.05) is 15.9 Å². The second kappa shape index (κ2) is 4.99. The molecule has 0 fully saturated rings. The Morgan fingerprint density at radius 2 is 2.31 bits per heavy atom. The Hall–Kier alpha value is -0.0500. The summed E-state index contributed by atoms with van der Waals surface area (Å²) < 4.78 is 1.99. The van der Waals surface area contributed by atoms with Crippen LogP contribution in [0.15, 0.2) is 22.7 Å². The standard InChI is InChI=1S/C10H8BrIO/c1-2-3-10(13)8-6-7(11)4-5-9(8)12/h1,4-6,10,13H,3H2. The van der Waals surface area contributed by atoms with Crippen molar-refractivity contribution in [3.63, 3.8) is 0 Å². The molecule has 0 heterocycles. The second-order valence-electron chi connectivity index (χ2n) is 2.59. The van der Waals surface area contributed by atoms with Gasteiger partial charge in [-0.3, -0.25) is 0 Å². The van der Waals surface area contributed by atoms with Crippen molar-refractivity contribution in [3.8, 4) is 12.3 Å². The van der Waals surface area contributed by atoms with Gasteiger partial charge in [0.1, 0.15) is 0 Å². The summed E-state index contributed by atoms with van der Waals surface area (Å²) in [5.74, 6) is 2.44. The molecule has 0 saturated carbocycles. The van der Waals surface area contributed by atoms with Gasteiger partial charge in [0.15, 0.2) is 0 Å². The van der Waals surface area contributed by atoms with Gasteiger partial charge in [-0.2, -0.15) is 0 Å². The smallest absolute Gasteiger partial charge is 0.0909 e. The van der Waals surface area contributed by atoms with E-state index < -0.39 is 6.10 Å². The van der Waals surface area contributed by atoms with E-state index in [-0.39, 0.29) is 0 Å². The first kappa shape index (κ1) is 11.0. The number of benzene rings is 1. The van der Waals surface area contributed by atoms with Crippen LogP contribution in [0.1, 0.15) is 18.1 Å². The number of hydrogen-bond acceptors (Lipinski definition) is 1. The highest BCUT2D eigenvalue weighted by Gasteiger charge is 2.09. The zero-order valence-electron chi connectivity index (χ0n) is 6.80. The van der Waals surface area contributed by atoms with Crippen molar-refractivity contribution in [1.82, 2.24) is 0 Å². The van der Waals surface area contributed by atoms with Crippen LogP contribution in [-0.2, 0) is 0 Å². The van der Waals surface area contributed by atoms with Crippen molar-refractivity contribution in [2.75, 3.05) is 0 Å². The summed E-state index contributed by atoms with van der Waals surface area (Å²) in [5, 5.41) is 9.66. The Balaban J connectivity index is 3.00.